The molecule has 1 unspecified atom stereocenters. The highest BCUT2D eigenvalue weighted by atomic mass is 19.1. The molecule has 0 saturated carbocycles. The highest BCUT2D eigenvalue weighted by Crippen LogP contribution is 2.20. The summed E-state index contributed by atoms with van der Waals surface area (Å²) in [5.41, 5.74) is 7.21. The van der Waals surface area contributed by atoms with E-state index in [9.17, 15) is 9.18 Å². The van der Waals surface area contributed by atoms with Gasteiger partial charge in [-0.05, 0) is 30.2 Å². The first-order valence-electron chi connectivity index (χ1n) is 7.02. The molecule has 3 N–H and O–H groups in total. The second-order valence-corrected chi connectivity index (χ2v) is 4.96. The van der Waals surface area contributed by atoms with E-state index < -0.39 is 5.82 Å². The van der Waals surface area contributed by atoms with E-state index in [1.165, 1.54) is 12.1 Å². The Morgan fingerprint density at radius 2 is 1.95 bits per heavy atom. The zero-order valence-electron chi connectivity index (χ0n) is 12.0. The molecule has 21 heavy (non-hydrogen) atoms. The van der Waals surface area contributed by atoms with Crippen molar-refractivity contribution < 1.29 is 9.18 Å². The van der Waals surface area contributed by atoms with E-state index in [4.69, 9.17) is 5.73 Å². The van der Waals surface area contributed by atoms with Crippen molar-refractivity contribution in [3.05, 3.63) is 65.5 Å². The molecular formula is C17H19FN2O. The van der Waals surface area contributed by atoms with Gasteiger partial charge in [-0.3, -0.25) is 4.79 Å². The third-order valence-electron chi connectivity index (χ3n) is 3.34. The highest BCUT2D eigenvalue weighted by Gasteiger charge is 2.16. The third-order valence-corrected chi connectivity index (χ3v) is 3.34. The molecule has 1 atom stereocenters. The van der Waals surface area contributed by atoms with Crippen LogP contribution in [0.3, 0.4) is 0 Å². The van der Waals surface area contributed by atoms with Crippen LogP contribution in [-0.2, 0) is 0 Å². The van der Waals surface area contributed by atoms with Crippen molar-refractivity contribution in [1.82, 2.24) is 5.32 Å². The molecule has 1 amide bonds. The van der Waals surface area contributed by atoms with Gasteiger partial charge in [-0.15, -0.1) is 0 Å². The van der Waals surface area contributed by atoms with Crippen LogP contribution < -0.4 is 11.1 Å². The molecule has 0 aliphatic carbocycles. The first-order chi connectivity index (χ1) is 10.1. The van der Waals surface area contributed by atoms with Crippen LogP contribution in [0.5, 0.6) is 0 Å². The maximum Gasteiger partial charge on any atom is 0.253 e. The van der Waals surface area contributed by atoms with Gasteiger partial charge in [0.05, 0.1) is 11.6 Å². The molecule has 0 aliphatic heterocycles. The minimum absolute atomic E-state index is 0.0758. The van der Waals surface area contributed by atoms with E-state index >= 15 is 0 Å². The van der Waals surface area contributed by atoms with Gasteiger partial charge in [0.25, 0.3) is 5.91 Å². The van der Waals surface area contributed by atoms with Gasteiger partial charge in [-0.2, -0.15) is 0 Å². The number of rotatable bonds is 5. The van der Waals surface area contributed by atoms with Crippen molar-refractivity contribution in [2.75, 3.05) is 5.73 Å². The van der Waals surface area contributed by atoms with Crippen LogP contribution in [0.2, 0.25) is 0 Å². The lowest BCUT2D eigenvalue weighted by molar-refractivity contribution is 0.0935. The largest absolute Gasteiger partial charge is 0.398 e. The fraction of sp³-hybridized carbons (Fsp3) is 0.235. The van der Waals surface area contributed by atoms with E-state index in [1.54, 1.807) is 0 Å². The average molecular weight is 286 g/mol. The smallest absolute Gasteiger partial charge is 0.253 e. The number of hydrogen-bond acceptors (Lipinski definition) is 2. The molecule has 0 aromatic heterocycles. The predicted molar refractivity (Wildman–Crippen MR) is 82.4 cm³/mol. The second-order valence-electron chi connectivity index (χ2n) is 4.96. The number of carbonyl (C=O) groups is 1. The zero-order chi connectivity index (χ0) is 15.2. The van der Waals surface area contributed by atoms with E-state index in [0.29, 0.717) is 5.56 Å². The number of amides is 1. The molecule has 2 rings (SSSR count). The highest BCUT2D eigenvalue weighted by molar-refractivity contribution is 5.99. The molecule has 3 nitrogen and oxygen atoms in total. The molecule has 0 aliphatic rings. The lowest BCUT2D eigenvalue weighted by atomic mass is 10.0. The number of nitrogens with one attached hydrogen (secondary N) is 1. The summed E-state index contributed by atoms with van der Waals surface area (Å²) in [5, 5.41) is 2.97. The molecule has 0 heterocycles. The van der Waals surface area contributed by atoms with E-state index in [0.717, 1.165) is 24.5 Å². The molecule has 0 spiro atoms. The lowest BCUT2D eigenvalue weighted by Crippen LogP contribution is -2.29. The third kappa shape index (κ3) is 3.81. The second kappa shape index (κ2) is 6.88. The molecule has 2 aromatic carbocycles. The van der Waals surface area contributed by atoms with Gasteiger partial charge in [0.1, 0.15) is 5.82 Å². The number of benzene rings is 2. The van der Waals surface area contributed by atoms with Crippen molar-refractivity contribution in [2.45, 2.75) is 25.8 Å². The summed E-state index contributed by atoms with van der Waals surface area (Å²) in [6.45, 7) is 2.06. The molecule has 2 aromatic rings. The monoisotopic (exact) mass is 286 g/mol. The predicted octanol–water partition coefficient (Wildman–Crippen LogP) is 3.68. The minimum Gasteiger partial charge on any atom is -0.398 e. The summed E-state index contributed by atoms with van der Waals surface area (Å²) < 4.78 is 13.0. The number of nitrogen functional groups attached to an aromatic ring is 1. The number of hydrogen-bond donors (Lipinski definition) is 2. The fourth-order valence-electron chi connectivity index (χ4n) is 2.27. The molecule has 0 saturated heterocycles. The SMILES string of the molecule is CCCC(NC(=O)c1ccc(F)cc1N)c1ccccc1. The Morgan fingerprint density at radius 3 is 2.57 bits per heavy atom. The van der Waals surface area contributed by atoms with Crippen LogP contribution in [0, 0.1) is 5.82 Å². The van der Waals surface area contributed by atoms with Gasteiger partial charge < -0.3 is 11.1 Å². The summed E-state index contributed by atoms with van der Waals surface area (Å²) >= 11 is 0. The Balaban J connectivity index is 2.18. The van der Waals surface area contributed by atoms with Gasteiger partial charge in [-0.25, -0.2) is 4.39 Å². The Hall–Kier alpha value is -2.36. The van der Waals surface area contributed by atoms with Crippen molar-refractivity contribution in [3.8, 4) is 0 Å². The van der Waals surface area contributed by atoms with Gasteiger partial charge >= 0.3 is 0 Å². The Kier molecular flexibility index (Phi) is 4.93. The first kappa shape index (κ1) is 15.0. The molecule has 0 bridgehead atoms. The summed E-state index contributed by atoms with van der Waals surface area (Å²) in [5.74, 6) is -0.730. The Labute approximate surface area is 124 Å². The maximum atomic E-state index is 13.0. The topological polar surface area (TPSA) is 55.1 Å². The van der Waals surface area contributed by atoms with Crippen LogP contribution in [-0.4, -0.2) is 5.91 Å². The normalized spacial score (nSPS) is 11.9. The fourth-order valence-corrected chi connectivity index (χ4v) is 2.27. The van der Waals surface area contributed by atoms with Gasteiger partial charge in [0, 0.05) is 5.69 Å². The summed E-state index contributed by atoms with van der Waals surface area (Å²) in [6.07, 6.45) is 1.77. The van der Waals surface area contributed by atoms with Crippen LogP contribution in [0.15, 0.2) is 48.5 Å². The quantitative estimate of drug-likeness (QED) is 0.824. The standard InChI is InChI=1S/C17H19FN2O/c1-2-6-16(12-7-4-3-5-8-12)20-17(21)14-10-9-13(18)11-15(14)19/h3-5,7-11,16H,2,6,19H2,1H3,(H,20,21). The Morgan fingerprint density at radius 1 is 1.24 bits per heavy atom. The van der Waals surface area contributed by atoms with Crippen molar-refractivity contribution in [1.29, 1.82) is 0 Å². The van der Waals surface area contributed by atoms with E-state index in [2.05, 4.69) is 12.2 Å². The summed E-state index contributed by atoms with van der Waals surface area (Å²) in [6, 6.07) is 13.5. The van der Waals surface area contributed by atoms with E-state index in [1.807, 2.05) is 30.3 Å². The number of nitrogens with two attached hydrogens (primary N) is 1. The van der Waals surface area contributed by atoms with Gasteiger partial charge in [0.2, 0.25) is 0 Å². The number of carbonyl (C=O) groups excluding carboxylic acids is 1. The molecule has 110 valence electrons. The number of halogens is 1. The van der Waals surface area contributed by atoms with Crippen LogP contribution in [0.4, 0.5) is 10.1 Å². The van der Waals surface area contributed by atoms with Crippen molar-refractivity contribution in [2.24, 2.45) is 0 Å². The Bertz CT molecular complexity index is 613. The van der Waals surface area contributed by atoms with E-state index in [-0.39, 0.29) is 17.6 Å². The minimum atomic E-state index is -0.447. The van der Waals surface area contributed by atoms with Crippen molar-refractivity contribution in [3.63, 3.8) is 0 Å². The van der Waals surface area contributed by atoms with Crippen LogP contribution >= 0.6 is 0 Å². The lowest BCUT2D eigenvalue weighted by Gasteiger charge is -2.19. The number of anilines is 1. The van der Waals surface area contributed by atoms with Crippen LogP contribution in [0.25, 0.3) is 0 Å². The first-order valence-corrected chi connectivity index (χ1v) is 7.02. The van der Waals surface area contributed by atoms with Crippen LogP contribution in [0.1, 0.15) is 41.7 Å². The molecule has 0 radical (unpaired) electrons. The molecule has 0 fully saturated rings. The summed E-state index contributed by atoms with van der Waals surface area (Å²) in [4.78, 5) is 12.3. The molecule has 4 heteroatoms. The maximum absolute atomic E-state index is 13.0. The van der Waals surface area contributed by atoms with Gasteiger partial charge in [0.15, 0.2) is 0 Å². The van der Waals surface area contributed by atoms with Crippen molar-refractivity contribution >= 4 is 11.6 Å². The average Bonchev–Trinajstić information content (AvgIpc) is 2.47. The zero-order valence-corrected chi connectivity index (χ0v) is 12.0. The van der Waals surface area contributed by atoms with Gasteiger partial charge in [-0.1, -0.05) is 43.7 Å². The molecular weight excluding hydrogens is 267 g/mol. The summed E-state index contributed by atoms with van der Waals surface area (Å²) in [7, 11) is 0.